The molecule has 0 spiro atoms. The number of aromatic nitrogens is 2. The molecule has 0 aromatic carbocycles. The summed E-state index contributed by atoms with van der Waals surface area (Å²) in [6.07, 6.45) is 5.92. The molecule has 2 unspecified atom stereocenters. The first-order valence-electron chi connectivity index (χ1n) is 6.26. The van der Waals surface area contributed by atoms with Gasteiger partial charge in [-0.1, -0.05) is 0 Å². The fourth-order valence-corrected chi connectivity index (χ4v) is 2.94. The number of hydrogen-bond donors (Lipinski definition) is 1. The van der Waals surface area contributed by atoms with Crippen molar-refractivity contribution in [3.8, 4) is 0 Å². The number of fused-ring (bicyclic) bond motifs is 2. The number of aryl methyl sites for hydroxylation is 1. The van der Waals surface area contributed by atoms with Crippen LogP contribution in [0.3, 0.4) is 0 Å². The van der Waals surface area contributed by atoms with Gasteiger partial charge < -0.3 is 5.32 Å². The molecule has 0 saturated carbocycles. The van der Waals surface area contributed by atoms with Crippen LogP contribution in [-0.4, -0.2) is 39.9 Å². The van der Waals surface area contributed by atoms with Gasteiger partial charge in [-0.15, -0.1) is 0 Å². The van der Waals surface area contributed by atoms with E-state index >= 15 is 0 Å². The van der Waals surface area contributed by atoms with Gasteiger partial charge >= 0.3 is 0 Å². The van der Waals surface area contributed by atoms with Crippen molar-refractivity contribution in [1.82, 2.24) is 20.0 Å². The van der Waals surface area contributed by atoms with Crippen molar-refractivity contribution < 1.29 is 0 Å². The Morgan fingerprint density at radius 3 is 3.06 bits per heavy atom. The summed E-state index contributed by atoms with van der Waals surface area (Å²) < 4.78 is 1.98. The van der Waals surface area contributed by atoms with Crippen LogP contribution in [0.4, 0.5) is 0 Å². The quantitative estimate of drug-likeness (QED) is 0.798. The molecule has 0 amide bonds. The fourth-order valence-electron chi connectivity index (χ4n) is 2.94. The molecular weight excluding hydrogens is 200 g/mol. The first-order chi connectivity index (χ1) is 7.81. The van der Waals surface area contributed by atoms with Crippen LogP contribution in [0.25, 0.3) is 0 Å². The molecule has 2 aliphatic heterocycles. The number of nitrogens with one attached hydrogen (secondary N) is 1. The molecule has 2 fully saturated rings. The highest BCUT2D eigenvalue weighted by Crippen LogP contribution is 2.21. The van der Waals surface area contributed by atoms with Gasteiger partial charge in [0.1, 0.15) is 0 Å². The van der Waals surface area contributed by atoms with E-state index in [-0.39, 0.29) is 0 Å². The maximum absolute atomic E-state index is 4.23. The van der Waals surface area contributed by atoms with Crippen LogP contribution in [-0.2, 0) is 13.6 Å². The maximum atomic E-state index is 4.23. The van der Waals surface area contributed by atoms with Gasteiger partial charge in [0.2, 0.25) is 0 Å². The third kappa shape index (κ3) is 1.99. The van der Waals surface area contributed by atoms with Gasteiger partial charge in [-0.3, -0.25) is 9.58 Å². The van der Waals surface area contributed by atoms with Gasteiger partial charge in [0.05, 0.1) is 5.69 Å². The monoisotopic (exact) mass is 220 g/mol. The van der Waals surface area contributed by atoms with E-state index in [0.29, 0.717) is 0 Å². The molecule has 88 valence electrons. The predicted molar refractivity (Wildman–Crippen MR) is 63.0 cm³/mol. The highest BCUT2D eigenvalue weighted by atomic mass is 15.3. The van der Waals surface area contributed by atoms with Crippen LogP contribution in [0.1, 0.15) is 25.0 Å². The van der Waals surface area contributed by atoms with E-state index in [2.05, 4.69) is 21.4 Å². The van der Waals surface area contributed by atoms with Crippen LogP contribution in [0, 0.1) is 0 Å². The van der Waals surface area contributed by atoms with E-state index in [4.69, 9.17) is 0 Å². The summed E-state index contributed by atoms with van der Waals surface area (Å²) in [6.45, 7) is 3.46. The van der Waals surface area contributed by atoms with Crippen molar-refractivity contribution >= 4 is 0 Å². The Bertz CT molecular complexity index is 360. The van der Waals surface area contributed by atoms with Gasteiger partial charge in [0.25, 0.3) is 0 Å². The fraction of sp³-hybridized carbons (Fsp3) is 0.750. The van der Waals surface area contributed by atoms with Crippen molar-refractivity contribution in [1.29, 1.82) is 0 Å². The summed E-state index contributed by atoms with van der Waals surface area (Å²) in [5.41, 5.74) is 1.32. The number of likely N-dealkylation sites (tertiary alicyclic amines) is 1. The van der Waals surface area contributed by atoms with Gasteiger partial charge in [-0.2, -0.15) is 5.10 Å². The van der Waals surface area contributed by atoms with Crippen LogP contribution in [0.5, 0.6) is 0 Å². The lowest BCUT2D eigenvalue weighted by atomic mass is 10.1. The molecule has 4 nitrogen and oxygen atoms in total. The van der Waals surface area contributed by atoms with E-state index in [9.17, 15) is 0 Å². The maximum Gasteiger partial charge on any atom is 0.0521 e. The second-order valence-corrected chi connectivity index (χ2v) is 5.11. The number of nitrogens with zero attached hydrogens (tertiary/aromatic N) is 3. The Balaban J connectivity index is 1.65. The molecule has 3 rings (SSSR count). The largest absolute Gasteiger partial charge is 0.310 e. The highest BCUT2D eigenvalue weighted by molar-refractivity contribution is 5.01. The van der Waals surface area contributed by atoms with Gasteiger partial charge in [-0.25, -0.2) is 0 Å². The summed E-state index contributed by atoms with van der Waals surface area (Å²) in [6, 6.07) is 3.62. The highest BCUT2D eigenvalue weighted by Gasteiger charge is 2.29. The minimum Gasteiger partial charge on any atom is -0.310 e. The third-order valence-electron chi connectivity index (χ3n) is 3.92. The molecule has 1 aromatic heterocycles. The first-order valence-corrected chi connectivity index (χ1v) is 6.26. The summed E-state index contributed by atoms with van der Waals surface area (Å²) in [7, 11) is 2.03. The van der Waals surface area contributed by atoms with Crippen LogP contribution >= 0.6 is 0 Å². The molecule has 1 aromatic rings. The molecular formula is C12H20N4. The summed E-state index contributed by atoms with van der Waals surface area (Å²) in [4.78, 5) is 2.56. The summed E-state index contributed by atoms with van der Waals surface area (Å²) in [5, 5.41) is 7.94. The zero-order chi connectivity index (χ0) is 11.0. The zero-order valence-electron chi connectivity index (χ0n) is 9.89. The average molecular weight is 220 g/mol. The minimum absolute atomic E-state index is 0.723. The SMILES string of the molecule is Cn1nccc1CN1CCC2CCC(C1)N2. The van der Waals surface area contributed by atoms with Crippen molar-refractivity contribution in [2.24, 2.45) is 7.05 Å². The van der Waals surface area contributed by atoms with E-state index in [1.165, 1.54) is 38.0 Å². The van der Waals surface area contributed by atoms with Crippen LogP contribution in [0.15, 0.2) is 12.3 Å². The lowest BCUT2D eigenvalue weighted by molar-refractivity contribution is 0.245. The Morgan fingerprint density at radius 1 is 1.38 bits per heavy atom. The minimum atomic E-state index is 0.723. The average Bonchev–Trinajstić information content (AvgIpc) is 2.78. The van der Waals surface area contributed by atoms with E-state index in [0.717, 1.165) is 18.6 Å². The molecule has 16 heavy (non-hydrogen) atoms. The topological polar surface area (TPSA) is 33.1 Å². The van der Waals surface area contributed by atoms with Crippen molar-refractivity contribution in [3.05, 3.63) is 18.0 Å². The van der Waals surface area contributed by atoms with Crippen LogP contribution < -0.4 is 5.32 Å². The molecule has 1 N–H and O–H groups in total. The lowest BCUT2D eigenvalue weighted by Gasteiger charge is -2.23. The molecule has 2 saturated heterocycles. The Labute approximate surface area is 96.6 Å². The lowest BCUT2D eigenvalue weighted by Crippen LogP contribution is -2.35. The zero-order valence-corrected chi connectivity index (χ0v) is 9.89. The molecule has 2 aliphatic rings. The van der Waals surface area contributed by atoms with E-state index in [1.807, 2.05) is 17.9 Å². The predicted octanol–water partition coefficient (Wildman–Crippen LogP) is 0.746. The number of hydrogen-bond acceptors (Lipinski definition) is 3. The Kier molecular flexibility index (Phi) is 2.69. The van der Waals surface area contributed by atoms with Crippen molar-refractivity contribution in [2.45, 2.75) is 37.9 Å². The summed E-state index contributed by atoms with van der Waals surface area (Å²) in [5.74, 6) is 0. The van der Waals surface area contributed by atoms with E-state index < -0.39 is 0 Å². The van der Waals surface area contributed by atoms with Gasteiger partial charge in [-0.05, 0) is 25.3 Å². The standard InChI is InChI=1S/C12H20N4/c1-15-12(4-6-13-15)9-16-7-5-10-2-3-11(8-16)14-10/h4,6,10-11,14H,2-3,5,7-9H2,1H3. The second-order valence-electron chi connectivity index (χ2n) is 5.11. The molecule has 0 radical (unpaired) electrons. The second kappa shape index (κ2) is 4.18. The Hall–Kier alpha value is -0.870. The third-order valence-corrected chi connectivity index (χ3v) is 3.92. The molecule has 2 bridgehead atoms. The number of rotatable bonds is 2. The molecule has 2 atom stereocenters. The molecule has 0 aliphatic carbocycles. The van der Waals surface area contributed by atoms with Crippen molar-refractivity contribution in [3.63, 3.8) is 0 Å². The first kappa shape index (κ1) is 10.3. The smallest absolute Gasteiger partial charge is 0.0521 e. The molecule has 3 heterocycles. The normalized spacial score (nSPS) is 30.6. The summed E-state index contributed by atoms with van der Waals surface area (Å²) >= 11 is 0. The van der Waals surface area contributed by atoms with Gasteiger partial charge in [0.15, 0.2) is 0 Å². The van der Waals surface area contributed by atoms with Crippen LogP contribution in [0.2, 0.25) is 0 Å². The van der Waals surface area contributed by atoms with Gasteiger partial charge in [0, 0.05) is 45.0 Å². The van der Waals surface area contributed by atoms with E-state index in [1.54, 1.807) is 0 Å². The van der Waals surface area contributed by atoms with Crippen molar-refractivity contribution in [2.75, 3.05) is 13.1 Å². The molecule has 4 heteroatoms. The Morgan fingerprint density at radius 2 is 2.25 bits per heavy atom.